The van der Waals surface area contributed by atoms with Crippen molar-refractivity contribution in [1.29, 1.82) is 0 Å². The highest BCUT2D eigenvalue weighted by atomic mass is 16.3. The molecule has 0 aromatic carbocycles. The molecule has 0 unspecified atom stereocenters. The van der Waals surface area contributed by atoms with Gasteiger partial charge in [0.1, 0.15) is 0 Å². The fourth-order valence-electron chi connectivity index (χ4n) is 1.02. The van der Waals surface area contributed by atoms with E-state index in [9.17, 15) is 5.11 Å². The number of aliphatic hydroxyl groups excluding tert-OH is 1. The first-order chi connectivity index (χ1) is 5.22. The van der Waals surface area contributed by atoms with Gasteiger partial charge < -0.3 is 5.11 Å². The molecule has 0 bridgehead atoms. The number of hydrogen-bond donors (Lipinski definition) is 1. The Hall–Kier alpha value is -0.300. The second kappa shape index (κ2) is 6.41. The standard InChI is InChI=1S/C10H20O/c1-4-6-7-8-10(11)9(3)5-2/h5,9-11H,2,4,6-8H2,1,3H3/t9-,10+/m0/s1. The summed E-state index contributed by atoms with van der Waals surface area (Å²) in [6.07, 6.45) is 6.13. The van der Waals surface area contributed by atoms with Crippen molar-refractivity contribution in [3.63, 3.8) is 0 Å². The van der Waals surface area contributed by atoms with Crippen LogP contribution in [0.4, 0.5) is 0 Å². The Bertz CT molecular complexity index is 99.0. The minimum absolute atomic E-state index is 0.181. The topological polar surface area (TPSA) is 20.2 Å². The van der Waals surface area contributed by atoms with Crippen molar-refractivity contribution >= 4 is 0 Å². The van der Waals surface area contributed by atoms with Gasteiger partial charge in [0, 0.05) is 0 Å². The average molecular weight is 156 g/mol. The van der Waals surface area contributed by atoms with E-state index in [0.717, 1.165) is 12.8 Å². The molecule has 0 heterocycles. The van der Waals surface area contributed by atoms with Crippen LogP contribution in [0.15, 0.2) is 12.7 Å². The summed E-state index contributed by atoms with van der Waals surface area (Å²) in [6.45, 7) is 7.82. The van der Waals surface area contributed by atoms with Crippen molar-refractivity contribution in [2.45, 2.75) is 45.6 Å². The summed E-state index contributed by atoms with van der Waals surface area (Å²) >= 11 is 0. The molecule has 1 nitrogen and oxygen atoms in total. The van der Waals surface area contributed by atoms with E-state index in [4.69, 9.17) is 0 Å². The maximum atomic E-state index is 9.47. The first-order valence-corrected chi connectivity index (χ1v) is 4.53. The Morgan fingerprint density at radius 3 is 2.55 bits per heavy atom. The van der Waals surface area contributed by atoms with E-state index in [1.54, 1.807) is 0 Å². The van der Waals surface area contributed by atoms with Gasteiger partial charge in [-0.1, -0.05) is 39.2 Å². The van der Waals surface area contributed by atoms with Gasteiger partial charge in [0.15, 0.2) is 0 Å². The van der Waals surface area contributed by atoms with E-state index >= 15 is 0 Å². The lowest BCUT2D eigenvalue weighted by Gasteiger charge is -2.14. The largest absolute Gasteiger partial charge is 0.393 e. The highest BCUT2D eigenvalue weighted by molar-refractivity contribution is 4.80. The Kier molecular flexibility index (Phi) is 6.24. The highest BCUT2D eigenvalue weighted by Crippen LogP contribution is 2.11. The van der Waals surface area contributed by atoms with E-state index in [1.807, 2.05) is 13.0 Å². The summed E-state index contributed by atoms with van der Waals surface area (Å²) in [5, 5.41) is 9.47. The Balaban J connectivity index is 3.35. The molecule has 66 valence electrons. The minimum Gasteiger partial charge on any atom is -0.393 e. The fraction of sp³-hybridized carbons (Fsp3) is 0.800. The second-order valence-corrected chi connectivity index (χ2v) is 3.16. The van der Waals surface area contributed by atoms with Crippen LogP contribution in [0, 0.1) is 5.92 Å². The van der Waals surface area contributed by atoms with Gasteiger partial charge in [-0.05, 0) is 12.3 Å². The van der Waals surface area contributed by atoms with Crippen molar-refractivity contribution in [3.05, 3.63) is 12.7 Å². The van der Waals surface area contributed by atoms with Crippen LogP contribution in [0.1, 0.15) is 39.5 Å². The predicted octanol–water partition coefficient (Wildman–Crippen LogP) is 2.75. The van der Waals surface area contributed by atoms with Crippen LogP contribution >= 0.6 is 0 Å². The van der Waals surface area contributed by atoms with Crippen molar-refractivity contribution < 1.29 is 5.11 Å². The zero-order chi connectivity index (χ0) is 8.69. The van der Waals surface area contributed by atoms with Gasteiger partial charge in [-0.25, -0.2) is 0 Å². The Morgan fingerprint density at radius 2 is 2.09 bits per heavy atom. The molecule has 0 aliphatic carbocycles. The summed E-state index contributed by atoms with van der Waals surface area (Å²) in [6, 6.07) is 0. The molecule has 0 aromatic rings. The van der Waals surface area contributed by atoms with Gasteiger partial charge in [-0.2, -0.15) is 0 Å². The van der Waals surface area contributed by atoms with Crippen LogP contribution in [0.3, 0.4) is 0 Å². The molecule has 11 heavy (non-hydrogen) atoms. The monoisotopic (exact) mass is 156 g/mol. The first kappa shape index (κ1) is 10.7. The van der Waals surface area contributed by atoms with Crippen molar-refractivity contribution in [1.82, 2.24) is 0 Å². The average Bonchev–Trinajstić information content (AvgIpc) is 2.03. The molecule has 1 heteroatoms. The molecular weight excluding hydrogens is 136 g/mol. The molecule has 0 aliphatic rings. The highest BCUT2D eigenvalue weighted by Gasteiger charge is 2.08. The van der Waals surface area contributed by atoms with Crippen molar-refractivity contribution in [2.24, 2.45) is 5.92 Å². The summed E-state index contributed by atoms with van der Waals surface area (Å²) in [5.41, 5.74) is 0. The summed E-state index contributed by atoms with van der Waals surface area (Å²) in [7, 11) is 0. The van der Waals surface area contributed by atoms with Crippen molar-refractivity contribution in [3.8, 4) is 0 Å². The molecule has 0 radical (unpaired) electrons. The quantitative estimate of drug-likeness (QED) is 0.463. The van der Waals surface area contributed by atoms with Crippen LogP contribution in [0.25, 0.3) is 0 Å². The van der Waals surface area contributed by atoms with E-state index in [2.05, 4.69) is 13.5 Å². The van der Waals surface area contributed by atoms with Gasteiger partial charge >= 0.3 is 0 Å². The molecule has 0 rings (SSSR count). The van der Waals surface area contributed by atoms with Crippen LogP contribution in [-0.4, -0.2) is 11.2 Å². The third-order valence-electron chi connectivity index (χ3n) is 2.08. The van der Waals surface area contributed by atoms with Gasteiger partial charge in [0.05, 0.1) is 6.10 Å². The lowest BCUT2D eigenvalue weighted by molar-refractivity contribution is 0.125. The molecule has 0 amide bonds. The van der Waals surface area contributed by atoms with Crippen LogP contribution in [0.5, 0.6) is 0 Å². The maximum absolute atomic E-state index is 9.47. The zero-order valence-corrected chi connectivity index (χ0v) is 7.71. The van der Waals surface area contributed by atoms with Gasteiger partial charge in [-0.3, -0.25) is 0 Å². The third kappa shape index (κ3) is 5.02. The molecule has 0 saturated heterocycles. The number of aliphatic hydroxyl groups is 1. The molecular formula is C10H20O. The van der Waals surface area contributed by atoms with E-state index in [0.29, 0.717) is 0 Å². The molecule has 2 atom stereocenters. The Morgan fingerprint density at radius 1 is 1.45 bits per heavy atom. The zero-order valence-electron chi connectivity index (χ0n) is 7.71. The second-order valence-electron chi connectivity index (χ2n) is 3.16. The first-order valence-electron chi connectivity index (χ1n) is 4.53. The van der Waals surface area contributed by atoms with Crippen LogP contribution in [0.2, 0.25) is 0 Å². The molecule has 0 aromatic heterocycles. The van der Waals surface area contributed by atoms with Crippen LogP contribution in [-0.2, 0) is 0 Å². The third-order valence-corrected chi connectivity index (χ3v) is 2.08. The van der Waals surface area contributed by atoms with E-state index < -0.39 is 0 Å². The lowest BCUT2D eigenvalue weighted by Crippen LogP contribution is -2.14. The summed E-state index contributed by atoms with van der Waals surface area (Å²) in [4.78, 5) is 0. The number of hydrogen-bond acceptors (Lipinski definition) is 1. The smallest absolute Gasteiger partial charge is 0.0600 e. The van der Waals surface area contributed by atoms with E-state index in [-0.39, 0.29) is 12.0 Å². The molecule has 0 spiro atoms. The SMILES string of the molecule is C=C[C@H](C)[C@H](O)CCCCC. The van der Waals surface area contributed by atoms with E-state index in [1.165, 1.54) is 12.8 Å². The fourth-order valence-corrected chi connectivity index (χ4v) is 1.02. The molecule has 0 aliphatic heterocycles. The van der Waals surface area contributed by atoms with Gasteiger partial charge in [0.25, 0.3) is 0 Å². The van der Waals surface area contributed by atoms with Gasteiger partial charge in [-0.15, -0.1) is 6.58 Å². The van der Waals surface area contributed by atoms with Gasteiger partial charge in [0.2, 0.25) is 0 Å². The predicted molar refractivity (Wildman–Crippen MR) is 49.5 cm³/mol. The number of rotatable bonds is 6. The summed E-state index contributed by atoms with van der Waals surface area (Å²) in [5.74, 6) is 0.242. The molecule has 0 saturated carbocycles. The molecule has 1 N–H and O–H groups in total. The van der Waals surface area contributed by atoms with Crippen LogP contribution < -0.4 is 0 Å². The normalized spacial score (nSPS) is 15.9. The van der Waals surface area contributed by atoms with Crippen molar-refractivity contribution in [2.75, 3.05) is 0 Å². The Labute approximate surface area is 70.1 Å². The maximum Gasteiger partial charge on any atom is 0.0600 e. The molecule has 0 fully saturated rings. The summed E-state index contributed by atoms with van der Waals surface area (Å²) < 4.78 is 0. The number of unbranched alkanes of at least 4 members (excludes halogenated alkanes) is 2. The minimum atomic E-state index is -0.181. The lowest BCUT2D eigenvalue weighted by atomic mass is 9.99.